The number of nitrogens with zero attached hydrogens (tertiary/aromatic N) is 4. The van der Waals surface area contributed by atoms with Crippen LogP contribution in [-0.4, -0.2) is 26.4 Å². The average Bonchev–Trinajstić information content (AvgIpc) is 2.58. The Morgan fingerprint density at radius 3 is 2.94 bits per heavy atom. The number of hydrogen-bond acceptors (Lipinski definition) is 5. The number of rotatable bonds is 4. The van der Waals surface area contributed by atoms with E-state index < -0.39 is 0 Å². The van der Waals surface area contributed by atoms with Gasteiger partial charge in [-0.1, -0.05) is 0 Å². The summed E-state index contributed by atoms with van der Waals surface area (Å²) in [6.45, 7) is 4.43. The number of anilines is 2. The Morgan fingerprint density at radius 1 is 1.47 bits per heavy atom. The third-order valence-electron chi connectivity index (χ3n) is 2.18. The molecule has 6 heteroatoms. The van der Waals surface area contributed by atoms with E-state index in [2.05, 4.69) is 20.4 Å². The molecule has 0 amide bonds. The summed E-state index contributed by atoms with van der Waals surface area (Å²) in [4.78, 5) is 8.35. The standard InChI is InChI=1S/C11H15N5O/c1-4-17-10-5-6-12-11(14-10)13-9-7-16(3)15-8(9)2/h5-7H,4H2,1-3H3,(H,12,13,14). The lowest BCUT2D eigenvalue weighted by Gasteiger charge is -2.05. The summed E-state index contributed by atoms with van der Waals surface area (Å²) in [6.07, 6.45) is 3.54. The van der Waals surface area contributed by atoms with E-state index in [1.54, 1.807) is 16.9 Å². The maximum Gasteiger partial charge on any atom is 0.230 e. The van der Waals surface area contributed by atoms with Crippen LogP contribution in [0.1, 0.15) is 12.6 Å². The highest BCUT2D eigenvalue weighted by atomic mass is 16.5. The molecule has 0 spiro atoms. The van der Waals surface area contributed by atoms with Crippen LogP contribution in [0.2, 0.25) is 0 Å². The fraction of sp³-hybridized carbons (Fsp3) is 0.364. The maximum absolute atomic E-state index is 5.31. The molecule has 0 bridgehead atoms. The van der Waals surface area contributed by atoms with Crippen LogP contribution in [-0.2, 0) is 7.05 Å². The highest BCUT2D eigenvalue weighted by molar-refractivity contribution is 5.54. The van der Waals surface area contributed by atoms with Crippen LogP contribution in [0.15, 0.2) is 18.5 Å². The molecule has 0 atom stereocenters. The van der Waals surface area contributed by atoms with Gasteiger partial charge in [0.25, 0.3) is 0 Å². The summed E-state index contributed by atoms with van der Waals surface area (Å²) in [7, 11) is 1.87. The Bertz CT molecular complexity index is 508. The predicted octanol–water partition coefficient (Wildman–Crippen LogP) is 1.66. The first-order valence-corrected chi connectivity index (χ1v) is 5.42. The van der Waals surface area contributed by atoms with Gasteiger partial charge in [-0.2, -0.15) is 10.1 Å². The highest BCUT2D eigenvalue weighted by Crippen LogP contribution is 2.17. The van der Waals surface area contributed by atoms with Crippen LogP contribution in [0.5, 0.6) is 5.88 Å². The van der Waals surface area contributed by atoms with Crippen molar-refractivity contribution in [2.45, 2.75) is 13.8 Å². The van der Waals surface area contributed by atoms with Gasteiger partial charge in [0.1, 0.15) is 0 Å². The minimum Gasteiger partial charge on any atom is -0.478 e. The molecular weight excluding hydrogens is 218 g/mol. The lowest BCUT2D eigenvalue weighted by molar-refractivity contribution is 0.327. The zero-order valence-electron chi connectivity index (χ0n) is 10.1. The van der Waals surface area contributed by atoms with Crippen molar-refractivity contribution in [3.63, 3.8) is 0 Å². The Hall–Kier alpha value is -2.11. The van der Waals surface area contributed by atoms with E-state index in [4.69, 9.17) is 4.74 Å². The molecule has 90 valence electrons. The van der Waals surface area contributed by atoms with Gasteiger partial charge in [0.15, 0.2) is 0 Å². The third kappa shape index (κ3) is 2.72. The molecule has 0 radical (unpaired) electrons. The van der Waals surface area contributed by atoms with Crippen molar-refractivity contribution in [1.29, 1.82) is 0 Å². The van der Waals surface area contributed by atoms with Crippen LogP contribution >= 0.6 is 0 Å². The third-order valence-corrected chi connectivity index (χ3v) is 2.18. The Balaban J connectivity index is 2.18. The molecule has 2 aromatic rings. The Kier molecular flexibility index (Phi) is 3.22. The van der Waals surface area contributed by atoms with E-state index in [1.807, 2.05) is 27.1 Å². The minimum absolute atomic E-state index is 0.507. The van der Waals surface area contributed by atoms with Crippen molar-refractivity contribution in [2.75, 3.05) is 11.9 Å². The van der Waals surface area contributed by atoms with Crippen LogP contribution < -0.4 is 10.1 Å². The normalized spacial score (nSPS) is 10.3. The molecule has 0 aromatic carbocycles. The molecule has 0 saturated heterocycles. The van der Waals surface area contributed by atoms with Gasteiger partial charge in [0.2, 0.25) is 11.8 Å². The lowest BCUT2D eigenvalue weighted by Crippen LogP contribution is -2.00. The van der Waals surface area contributed by atoms with Crippen molar-refractivity contribution < 1.29 is 4.74 Å². The molecule has 0 saturated carbocycles. The summed E-state index contributed by atoms with van der Waals surface area (Å²) in [5.41, 5.74) is 1.79. The molecule has 0 unspecified atom stereocenters. The molecule has 17 heavy (non-hydrogen) atoms. The zero-order valence-corrected chi connectivity index (χ0v) is 10.1. The number of hydrogen-bond donors (Lipinski definition) is 1. The minimum atomic E-state index is 0.507. The molecule has 6 nitrogen and oxygen atoms in total. The molecule has 0 aliphatic carbocycles. The van der Waals surface area contributed by atoms with E-state index in [-0.39, 0.29) is 0 Å². The van der Waals surface area contributed by atoms with Gasteiger partial charge >= 0.3 is 0 Å². The molecular formula is C11H15N5O. The van der Waals surface area contributed by atoms with Crippen LogP contribution in [0.25, 0.3) is 0 Å². The molecule has 2 rings (SSSR count). The number of nitrogens with one attached hydrogen (secondary N) is 1. The van der Waals surface area contributed by atoms with Crippen LogP contribution in [0, 0.1) is 6.92 Å². The lowest BCUT2D eigenvalue weighted by atomic mass is 10.4. The predicted molar refractivity (Wildman–Crippen MR) is 64.4 cm³/mol. The van der Waals surface area contributed by atoms with Crippen molar-refractivity contribution in [1.82, 2.24) is 19.7 Å². The van der Waals surface area contributed by atoms with Crippen molar-refractivity contribution in [2.24, 2.45) is 7.05 Å². The van der Waals surface area contributed by atoms with E-state index in [0.717, 1.165) is 11.4 Å². The van der Waals surface area contributed by atoms with Crippen molar-refractivity contribution in [3.8, 4) is 5.88 Å². The van der Waals surface area contributed by atoms with Crippen LogP contribution in [0.3, 0.4) is 0 Å². The molecule has 0 fully saturated rings. The van der Waals surface area contributed by atoms with E-state index in [0.29, 0.717) is 18.4 Å². The average molecular weight is 233 g/mol. The van der Waals surface area contributed by atoms with E-state index >= 15 is 0 Å². The summed E-state index contributed by atoms with van der Waals surface area (Å²) in [5, 5.41) is 7.34. The van der Waals surface area contributed by atoms with E-state index in [9.17, 15) is 0 Å². The first-order valence-electron chi connectivity index (χ1n) is 5.42. The van der Waals surface area contributed by atoms with Gasteiger partial charge in [-0.05, 0) is 13.8 Å². The fourth-order valence-corrected chi connectivity index (χ4v) is 1.47. The van der Waals surface area contributed by atoms with Gasteiger partial charge in [0, 0.05) is 25.5 Å². The van der Waals surface area contributed by atoms with E-state index in [1.165, 1.54) is 0 Å². The van der Waals surface area contributed by atoms with Gasteiger partial charge in [-0.3, -0.25) is 4.68 Å². The largest absolute Gasteiger partial charge is 0.478 e. The molecule has 0 aliphatic heterocycles. The summed E-state index contributed by atoms with van der Waals surface area (Å²) in [5.74, 6) is 1.07. The first kappa shape index (κ1) is 11.4. The quantitative estimate of drug-likeness (QED) is 0.870. The van der Waals surface area contributed by atoms with Gasteiger partial charge in [0.05, 0.1) is 18.0 Å². The van der Waals surface area contributed by atoms with Gasteiger partial charge in [-0.15, -0.1) is 0 Å². The van der Waals surface area contributed by atoms with Crippen molar-refractivity contribution >= 4 is 11.6 Å². The number of aromatic nitrogens is 4. The van der Waals surface area contributed by atoms with Gasteiger partial charge in [-0.25, -0.2) is 4.98 Å². The number of ether oxygens (including phenoxy) is 1. The molecule has 2 heterocycles. The smallest absolute Gasteiger partial charge is 0.230 e. The van der Waals surface area contributed by atoms with Crippen molar-refractivity contribution in [3.05, 3.63) is 24.2 Å². The fourth-order valence-electron chi connectivity index (χ4n) is 1.47. The number of aryl methyl sites for hydroxylation is 2. The summed E-state index contributed by atoms with van der Waals surface area (Å²) < 4.78 is 7.05. The maximum atomic E-state index is 5.31. The second kappa shape index (κ2) is 4.82. The Morgan fingerprint density at radius 2 is 2.29 bits per heavy atom. The first-order chi connectivity index (χ1) is 8.19. The summed E-state index contributed by atoms with van der Waals surface area (Å²) in [6, 6.07) is 1.73. The SMILES string of the molecule is CCOc1ccnc(Nc2cn(C)nc2C)n1. The van der Waals surface area contributed by atoms with Gasteiger partial charge < -0.3 is 10.1 Å². The van der Waals surface area contributed by atoms with Crippen LogP contribution in [0.4, 0.5) is 11.6 Å². The summed E-state index contributed by atoms with van der Waals surface area (Å²) >= 11 is 0. The monoisotopic (exact) mass is 233 g/mol. The highest BCUT2D eigenvalue weighted by Gasteiger charge is 2.05. The second-order valence-corrected chi connectivity index (χ2v) is 3.58. The topological polar surface area (TPSA) is 64.9 Å². The molecule has 0 aliphatic rings. The molecule has 2 aromatic heterocycles. The zero-order chi connectivity index (χ0) is 12.3. The second-order valence-electron chi connectivity index (χ2n) is 3.58. The molecule has 1 N–H and O–H groups in total. The Labute approximate surface area is 99.7 Å².